The molecule has 1 saturated carbocycles. The Hall–Kier alpha value is -2.55. The second-order valence-electron chi connectivity index (χ2n) is 6.13. The molecule has 3 aromatic rings. The average Bonchev–Trinajstić information content (AvgIpc) is 3.26. The number of para-hydroxylation sites is 1. The van der Waals surface area contributed by atoms with Crippen LogP contribution in [0.4, 0.5) is 0 Å². The zero-order valence-electron chi connectivity index (χ0n) is 12.2. The second kappa shape index (κ2) is 3.80. The summed E-state index contributed by atoms with van der Waals surface area (Å²) >= 11 is 0. The standard InChI is InChI=1S/C19H14O3/c1-21-11-6-7-12-14(10-11)19(8-9-19)18-16(17(12)20)13-4-2-3-5-15(13)22-18/h2-7,10H,8-9H2,1H3. The Morgan fingerprint density at radius 1 is 1.14 bits per heavy atom. The van der Waals surface area contributed by atoms with Crippen LogP contribution < -0.4 is 4.74 Å². The van der Waals surface area contributed by atoms with Crippen molar-refractivity contribution >= 4 is 16.8 Å². The van der Waals surface area contributed by atoms with Crippen molar-refractivity contribution in [3.05, 3.63) is 64.9 Å². The topological polar surface area (TPSA) is 39.4 Å². The van der Waals surface area contributed by atoms with Crippen LogP contribution in [0.15, 0.2) is 46.9 Å². The Morgan fingerprint density at radius 2 is 1.95 bits per heavy atom. The number of fused-ring (bicyclic) bond motifs is 6. The van der Waals surface area contributed by atoms with Crippen molar-refractivity contribution in [3.8, 4) is 5.75 Å². The molecule has 5 rings (SSSR count). The van der Waals surface area contributed by atoms with E-state index in [1.54, 1.807) is 7.11 Å². The molecule has 3 nitrogen and oxygen atoms in total. The first-order chi connectivity index (χ1) is 10.7. The van der Waals surface area contributed by atoms with Crippen molar-refractivity contribution in [2.75, 3.05) is 7.11 Å². The summed E-state index contributed by atoms with van der Waals surface area (Å²) in [5.74, 6) is 1.70. The van der Waals surface area contributed by atoms with Gasteiger partial charge in [0, 0.05) is 10.9 Å². The molecule has 0 aliphatic heterocycles. The summed E-state index contributed by atoms with van der Waals surface area (Å²) in [7, 11) is 1.65. The van der Waals surface area contributed by atoms with Crippen LogP contribution in [-0.4, -0.2) is 12.9 Å². The van der Waals surface area contributed by atoms with Crippen LogP contribution in [0.3, 0.4) is 0 Å². The fourth-order valence-electron chi connectivity index (χ4n) is 3.73. The van der Waals surface area contributed by atoms with Gasteiger partial charge in [-0.15, -0.1) is 0 Å². The molecule has 1 aromatic heterocycles. The SMILES string of the molecule is COc1ccc2c(c1)C1(CC1)c1oc3ccccc3c1C2=O. The van der Waals surface area contributed by atoms with E-state index in [0.29, 0.717) is 0 Å². The Morgan fingerprint density at radius 3 is 2.73 bits per heavy atom. The summed E-state index contributed by atoms with van der Waals surface area (Å²) in [6.45, 7) is 0. The molecule has 0 unspecified atom stereocenters. The van der Waals surface area contributed by atoms with E-state index in [0.717, 1.165) is 52.0 Å². The van der Waals surface area contributed by atoms with E-state index < -0.39 is 0 Å². The van der Waals surface area contributed by atoms with E-state index in [1.165, 1.54) is 0 Å². The molecule has 2 aromatic carbocycles. The van der Waals surface area contributed by atoms with Crippen LogP contribution in [0.1, 0.15) is 40.1 Å². The molecule has 0 N–H and O–H groups in total. The minimum atomic E-state index is -0.133. The third kappa shape index (κ3) is 1.29. The minimum absolute atomic E-state index is 0.0649. The summed E-state index contributed by atoms with van der Waals surface area (Å²) in [4.78, 5) is 13.0. The van der Waals surface area contributed by atoms with Gasteiger partial charge in [-0.1, -0.05) is 18.2 Å². The van der Waals surface area contributed by atoms with Gasteiger partial charge in [0.25, 0.3) is 0 Å². The Labute approximate surface area is 127 Å². The molecule has 3 heteroatoms. The van der Waals surface area contributed by atoms with Gasteiger partial charge in [-0.25, -0.2) is 0 Å². The molecule has 108 valence electrons. The molecule has 2 aliphatic carbocycles. The summed E-state index contributed by atoms with van der Waals surface area (Å²) in [6.07, 6.45) is 2.04. The van der Waals surface area contributed by atoms with Crippen molar-refractivity contribution < 1.29 is 13.9 Å². The number of ether oxygens (including phenoxy) is 1. The Bertz CT molecular complexity index is 944. The quantitative estimate of drug-likeness (QED) is 0.678. The van der Waals surface area contributed by atoms with Crippen LogP contribution in [0.25, 0.3) is 11.0 Å². The van der Waals surface area contributed by atoms with E-state index in [9.17, 15) is 4.79 Å². The van der Waals surface area contributed by atoms with E-state index in [-0.39, 0.29) is 11.2 Å². The van der Waals surface area contributed by atoms with Gasteiger partial charge in [-0.2, -0.15) is 0 Å². The highest BCUT2D eigenvalue weighted by molar-refractivity contribution is 6.19. The van der Waals surface area contributed by atoms with Gasteiger partial charge in [-0.3, -0.25) is 4.79 Å². The van der Waals surface area contributed by atoms with Crippen LogP contribution in [0.5, 0.6) is 5.75 Å². The first-order valence-corrected chi connectivity index (χ1v) is 7.50. The lowest BCUT2D eigenvalue weighted by Crippen LogP contribution is -2.23. The normalized spacial score (nSPS) is 17.4. The fourth-order valence-corrected chi connectivity index (χ4v) is 3.73. The number of carbonyl (C=O) groups is 1. The molecule has 0 amide bonds. The lowest BCUT2D eigenvalue weighted by Gasteiger charge is -2.24. The molecule has 0 bridgehead atoms. The van der Waals surface area contributed by atoms with Gasteiger partial charge in [-0.05, 0) is 42.7 Å². The highest BCUT2D eigenvalue weighted by atomic mass is 16.5. The average molecular weight is 290 g/mol. The van der Waals surface area contributed by atoms with E-state index >= 15 is 0 Å². The van der Waals surface area contributed by atoms with Gasteiger partial charge in [0.2, 0.25) is 0 Å². The lowest BCUT2D eigenvalue weighted by molar-refractivity contribution is 0.103. The number of furan rings is 1. The minimum Gasteiger partial charge on any atom is -0.497 e. The molecule has 0 atom stereocenters. The summed E-state index contributed by atoms with van der Waals surface area (Å²) in [5.41, 5.74) is 3.27. The third-order valence-electron chi connectivity index (χ3n) is 4.99. The maximum Gasteiger partial charge on any atom is 0.197 e. The van der Waals surface area contributed by atoms with Gasteiger partial charge in [0.15, 0.2) is 5.78 Å². The smallest absolute Gasteiger partial charge is 0.197 e. The number of carbonyl (C=O) groups excluding carboxylic acids is 1. The highest BCUT2D eigenvalue weighted by Gasteiger charge is 2.55. The van der Waals surface area contributed by atoms with Crippen LogP contribution in [0.2, 0.25) is 0 Å². The monoisotopic (exact) mass is 290 g/mol. The number of hydrogen-bond acceptors (Lipinski definition) is 3. The summed E-state index contributed by atoms with van der Waals surface area (Å²) in [5, 5.41) is 0.926. The predicted molar refractivity (Wildman–Crippen MR) is 82.7 cm³/mol. The highest BCUT2D eigenvalue weighted by Crippen LogP contribution is 2.59. The van der Waals surface area contributed by atoms with Gasteiger partial charge >= 0.3 is 0 Å². The van der Waals surface area contributed by atoms with Crippen molar-refractivity contribution in [2.45, 2.75) is 18.3 Å². The van der Waals surface area contributed by atoms with E-state index in [4.69, 9.17) is 9.15 Å². The predicted octanol–water partition coefficient (Wildman–Crippen LogP) is 4.07. The number of benzene rings is 2. The van der Waals surface area contributed by atoms with Crippen LogP contribution in [0, 0.1) is 0 Å². The molecular formula is C19H14O3. The first-order valence-electron chi connectivity index (χ1n) is 7.50. The molecule has 22 heavy (non-hydrogen) atoms. The largest absolute Gasteiger partial charge is 0.497 e. The molecule has 1 spiro atoms. The van der Waals surface area contributed by atoms with Crippen LogP contribution in [-0.2, 0) is 5.41 Å². The zero-order valence-corrected chi connectivity index (χ0v) is 12.2. The molecule has 0 radical (unpaired) electrons. The summed E-state index contributed by atoms with van der Waals surface area (Å²) < 4.78 is 11.4. The van der Waals surface area contributed by atoms with Crippen molar-refractivity contribution in [1.82, 2.24) is 0 Å². The van der Waals surface area contributed by atoms with Crippen molar-refractivity contribution in [3.63, 3.8) is 0 Å². The van der Waals surface area contributed by atoms with E-state index in [1.807, 2.05) is 42.5 Å². The molecule has 1 heterocycles. The molecule has 0 saturated heterocycles. The molecule has 2 aliphatic rings. The van der Waals surface area contributed by atoms with E-state index in [2.05, 4.69) is 0 Å². The molecule has 1 fully saturated rings. The van der Waals surface area contributed by atoms with Crippen molar-refractivity contribution in [2.24, 2.45) is 0 Å². The first kappa shape index (κ1) is 12.0. The maximum atomic E-state index is 13.0. The number of ketones is 1. The Kier molecular flexibility index (Phi) is 2.08. The molecular weight excluding hydrogens is 276 g/mol. The lowest BCUT2D eigenvalue weighted by atomic mass is 9.78. The second-order valence-corrected chi connectivity index (χ2v) is 6.13. The third-order valence-corrected chi connectivity index (χ3v) is 4.99. The van der Waals surface area contributed by atoms with Gasteiger partial charge in [0.05, 0.1) is 18.1 Å². The fraction of sp³-hybridized carbons (Fsp3) is 0.211. The summed E-state index contributed by atoms with van der Waals surface area (Å²) in [6, 6.07) is 13.5. The van der Waals surface area contributed by atoms with Crippen molar-refractivity contribution in [1.29, 1.82) is 0 Å². The van der Waals surface area contributed by atoms with Gasteiger partial charge < -0.3 is 9.15 Å². The number of methoxy groups -OCH3 is 1. The van der Waals surface area contributed by atoms with Crippen LogP contribution >= 0.6 is 0 Å². The maximum absolute atomic E-state index is 13.0. The zero-order chi connectivity index (χ0) is 14.9. The van der Waals surface area contributed by atoms with Gasteiger partial charge in [0.1, 0.15) is 17.1 Å². The number of rotatable bonds is 1. The Balaban J connectivity index is 1.87. The number of hydrogen-bond donors (Lipinski definition) is 0.